The Kier molecular flexibility index (Phi) is 5.27. The molecule has 0 bridgehead atoms. The predicted octanol–water partition coefficient (Wildman–Crippen LogP) is 2.63. The zero-order valence-electron chi connectivity index (χ0n) is 15.4. The lowest BCUT2D eigenvalue weighted by Gasteiger charge is -2.10. The molecule has 0 aliphatic heterocycles. The van der Waals surface area contributed by atoms with E-state index in [0.717, 1.165) is 16.7 Å². The molecule has 0 aliphatic carbocycles. The number of carboxylic acids is 1. The Morgan fingerprint density at radius 1 is 1.19 bits per heavy atom. The van der Waals surface area contributed by atoms with E-state index in [2.05, 4.69) is 15.1 Å². The van der Waals surface area contributed by atoms with Crippen LogP contribution in [0.1, 0.15) is 35.7 Å². The van der Waals surface area contributed by atoms with Crippen molar-refractivity contribution in [3.8, 4) is 11.1 Å². The minimum atomic E-state index is -1.03. The molecule has 0 unspecified atom stereocenters. The molecule has 2 heterocycles. The number of carbonyl (C=O) groups excluding carboxylic acids is 1. The van der Waals surface area contributed by atoms with Crippen LogP contribution in [-0.4, -0.2) is 43.2 Å². The largest absolute Gasteiger partial charge is 0.480 e. The smallest absolute Gasteiger partial charge is 0.325 e. The van der Waals surface area contributed by atoms with Crippen LogP contribution in [0, 0.1) is 6.92 Å². The maximum atomic E-state index is 12.1. The quantitative estimate of drug-likeness (QED) is 0.639. The Morgan fingerprint density at radius 2 is 1.89 bits per heavy atom. The van der Waals surface area contributed by atoms with Gasteiger partial charge in [0, 0.05) is 42.4 Å². The third-order valence-corrected chi connectivity index (χ3v) is 4.12. The van der Waals surface area contributed by atoms with E-state index < -0.39 is 5.97 Å². The second kappa shape index (κ2) is 7.63. The molecule has 1 aromatic carbocycles. The van der Waals surface area contributed by atoms with Crippen LogP contribution in [0.2, 0.25) is 0 Å². The van der Waals surface area contributed by atoms with Gasteiger partial charge in [-0.2, -0.15) is 5.10 Å². The number of rotatable bonds is 7. The number of fused-ring (bicyclic) bond motifs is 1. The van der Waals surface area contributed by atoms with Crippen molar-refractivity contribution in [2.75, 3.05) is 6.61 Å². The van der Waals surface area contributed by atoms with Crippen molar-refractivity contribution in [1.29, 1.82) is 0 Å². The van der Waals surface area contributed by atoms with Crippen LogP contribution >= 0.6 is 0 Å². The van der Waals surface area contributed by atoms with Crippen LogP contribution < -0.4 is 0 Å². The highest BCUT2D eigenvalue weighted by molar-refractivity contribution is 6.06. The topological polar surface area (TPSA) is 107 Å². The van der Waals surface area contributed by atoms with E-state index in [9.17, 15) is 14.7 Å². The standard InChI is InChI=1S/C19H20N4O4/c1-4-27-10-14-5-13(15-7-20-12(3)21-8-15)6-16-18(11(2)24)22-23(19(14)16)9-17(25)26/h5-8H,4,9-10H2,1-3H3,(H,25,26). The molecule has 3 aromatic rings. The first kappa shape index (κ1) is 18.7. The summed E-state index contributed by atoms with van der Waals surface area (Å²) in [6.45, 7) is 5.54. The van der Waals surface area contributed by atoms with Crippen molar-refractivity contribution in [3.05, 3.63) is 41.6 Å². The van der Waals surface area contributed by atoms with Gasteiger partial charge in [-0.3, -0.25) is 14.3 Å². The third-order valence-electron chi connectivity index (χ3n) is 4.12. The molecule has 0 spiro atoms. The normalized spacial score (nSPS) is 11.1. The fourth-order valence-corrected chi connectivity index (χ4v) is 2.94. The van der Waals surface area contributed by atoms with E-state index in [4.69, 9.17) is 4.74 Å². The van der Waals surface area contributed by atoms with Gasteiger partial charge in [0.1, 0.15) is 18.1 Å². The molecule has 140 valence electrons. The maximum absolute atomic E-state index is 12.1. The minimum Gasteiger partial charge on any atom is -0.480 e. The minimum absolute atomic E-state index is 0.233. The highest BCUT2D eigenvalue weighted by atomic mass is 16.5. The molecule has 0 fully saturated rings. The second-order valence-corrected chi connectivity index (χ2v) is 6.14. The summed E-state index contributed by atoms with van der Waals surface area (Å²) in [6, 6.07) is 3.72. The van der Waals surface area contributed by atoms with Gasteiger partial charge in [0.2, 0.25) is 0 Å². The van der Waals surface area contributed by atoms with Crippen LogP contribution in [-0.2, 0) is 22.7 Å². The maximum Gasteiger partial charge on any atom is 0.325 e. The van der Waals surface area contributed by atoms with E-state index in [0.29, 0.717) is 23.3 Å². The number of Topliss-reactive ketones (excluding diaryl/α,β-unsaturated/α-hetero) is 1. The fourth-order valence-electron chi connectivity index (χ4n) is 2.94. The highest BCUT2D eigenvalue weighted by Gasteiger charge is 2.20. The van der Waals surface area contributed by atoms with Gasteiger partial charge in [-0.05, 0) is 31.5 Å². The number of aromatic nitrogens is 4. The molecule has 0 saturated heterocycles. The Morgan fingerprint density at radius 3 is 2.48 bits per heavy atom. The Bertz CT molecular complexity index is 1010. The molecule has 0 saturated carbocycles. The first-order valence-electron chi connectivity index (χ1n) is 8.53. The number of benzene rings is 1. The summed E-state index contributed by atoms with van der Waals surface area (Å²) in [6.07, 6.45) is 3.42. The number of aliphatic carboxylic acids is 1. The van der Waals surface area contributed by atoms with Crippen LogP contribution in [0.15, 0.2) is 24.5 Å². The van der Waals surface area contributed by atoms with Crippen LogP contribution in [0.4, 0.5) is 0 Å². The summed E-state index contributed by atoms with van der Waals surface area (Å²) < 4.78 is 6.91. The average Bonchev–Trinajstić information content (AvgIpc) is 2.98. The van der Waals surface area contributed by atoms with E-state index >= 15 is 0 Å². The van der Waals surface area contributed by atoms with Crippen LogP contribution in [0.25, 0.3) is 22.0 Å². The van der Waals surface area contributed by atoms with Crippen molar-refractivity contribution in [1.82, 2.24) is 19.7 Å². The lowest BCUT2D eigenvalue weighted by Crippen LogP contribution is -2.11. The first-order chi connectivity index (χ1) is 12.9. The van der Waals surface area contributed by atoms with Gasteiger partial charge >= 0.3 is 5.97 Å². The zero-order chi connectivity index (χ0) is 19.6. The number of ether oxygens (including phenoxy) is 1. The molecule has 0 aliphatic rings. The lowest BCUT2D eigenvalue weighted by atomic mass is 10.0. The molecule has 8 heteroatoms. The van der Waals surface area contributed by atoms with Crippen molar-refractivity contribution in [3.63, 3.8) is 0 Å². The molecule has 27 heavy (non-hydrogen) atoms. The van der Waals surface area contributed by atoms with Gasteiger partial charge in [-0.25, -0.2) is 9.97 Å². The number of carbonyl (C=O) groups is 2. The van der Waals surface area contributed by atoms with Crippen LogP contribution in [0.3, 0.4) is 0 Å². The number of carboxylic acid groups (broad SMARTS) is 1. The number of aryl methyl sites for hydroxylation is 1. The van der Waals surface area contributed by atoms with Gasteiger partial charge in [0.25, 0.3) is 0 Å². The summed E-state index contributed by atoms with van der Waals surface area (Å²) >= 11 is 0. The van der Waals surface area contributed by atoms with Gasteiger partial charge in [0.15, 0.2) is 5.78 Å². The molecule has 3 rings (SSSR count). The Labute approximate surface area is 155 Å². The summed E-state index contributed by atoms with van der Waals surface area (Å²) in [7, 11) is 0. The molecule has 0 amide bonds. The zero-order valence-corrected chi connectivity index (χ0v) is 15.4. The Hall–Kier alpha value is -3.13. The molecule has 0 atom stereocenters. The molecule has 8 nitrogen and oxygen atoms in total. The molecular weight excluding hydrogens is 348 g/mol. The van der Waals surface area contributed by atoms with Crippen molar-refractivity contribution in [2.45, 2.75) is 33.9 Å². The van der Waals surface area contributed by atoms with Crippen molar-refractivity contribution >= 4 is 22.7 Å². The van der Waals surface area contributed by atoms with Crippen LogP contribution in [0.5, 0.6) is 0 Å². The van der Waals surface area contributed by atoms with Crippen molar-refractivity contribution < 1.29 is 19.4 Å². The summed E-state index contributed by atoms with van der Waals surface area (Å²) in [5.41, 5.74) is 3.19. The highest BCUT2D eigenvalue weighted by Crippen LogP contribution is 2.30. The number of nitrogens with zero attached hydrogens (tertiary/aromatic N) is 4. The van der Waals surface area contributed by atoms with E-state index in [1.807, 2.05) is 19.1 Å². The average molecular weight is 368 g/mol. The first-order valence-corrected chi connectivity index (χ1v) is 8.53. The molecule has 0 radical (unpaired) electrons. The van der Waals surface area contributed by atoms with Gasteiger partial charge in [-0.1, -0.05) is 0 Å². The second-order valence-electron chi connectivity index (χ2n) is 6.14. The monoisotopic (exact) mass is 368 g/mol. The van der Waals surface area contributed by atoms with Gasteiger partial charge in [-0.15, -0.1) is 0 Å². The molecule has 2 aromatic heterocycles. The fraction of sp³-hybridized carbons (Fsp3) is 0.316. The van der Waals surface area contributed by atoms with Gasteiger partial charge < -0.3 is 9.84 Å². The lowest BCUT2D eigenvalue weighted by molar-refractivity contribution is -0.137. The summed E-state index contributed by atoms with van der Waals surface area (Å²) in [4.78, 5) is 31.8. The van der Waals surface area contributed by atoms with E-state index in [1.54, 1.807) is 19.3 Å². The van der Waals surface area contributed by atoms with Gasteiger partial charge in [0.05, 0.1) is 12.1 Å². The van der Waals surface area contributed by atoms with Crippen molar-refractivity contribution in [2.24, 2.45) is 0 Å². The number of ketones is 1. The summed E-state index contributed by atoms with van der Waals surface area (Å²) in [5, 5.41) is 14.0. The number of hydrogen-bond acceptors (Lipinski definition) is 6. The summed E-state index contributed by atoms with van der Waals surface area (Å²) in [5.74, 6) is -0.607. The van der Waals surface area contributed by atoms with E-state index in [-0.39, 0.29) is 24.6 Å². The number of hydrogen-bond donors (Lipinski definition) is 1. The SMILES string of the molecule is CCOCc1cc(-c2cnc(C)nc2)cc2c(C(C)=O)nn(CC(=O)O)c12. The van der Waals surface area contributed by atoms with E-state index in [1.165, 1.54) is 11.6 Å². The Balaban J connectivity index is 2.28. The predicted molar refractivity (Wildman–Crippen MR) is 98.5 cm³/mol. The molecule has 1 N–H and O–H groups in total. The third kappa shape index (κ3) is 3.85. The molecular formula is C19H20N4O4.